The number of piperidine rings is 2. The second kappa shape index (κ2) is 4.82. The first-order valence-corrected chi connectivity index (χ1v) is 7.41. The van der Waals surface area contributed by atoms with Gasteiger partial charge in [-0.25, -0.2) is 0 Å². The first-order valence-electron chi connectivity index (χ1n) is 7.41. The SMILES string of the molecule is O=C(C1CCCC1)N1CC[C@@]2(O)CCNC[C@@H]2C1. The molecule has 4 nitrogen and oxygen atoms in total. The summed E-state index contributed by atoms with van der Waals surface area (Å²) in [4.78, 5) is 14.4. The van der Waals surface area contributed by atoms with Gasteiger partial charge in [-0.2, -0.15) is 0 Å². The molecular weight excluding hydrogens is 228 g/mol. The van der Waals surface area contributed by atoms with Gasteiger partial charge in [0.25, 0.3) is 0 Å². The van der Waals surface area contributed by atoms with E-state index in [-0.39, 0.29) is 11.8 Å². The van der Waals surface area contributed by atoms with E-state index in [1.54, 1.807) is 0 Å². The highest BCUT2D eigenvalue weighted by atomic mass is 16.3. The number of hydrogen-bond donors (Lipinski definition) is 2. The zero-order valence-electron chi connectivity index (χ0n) is 11.0. The summed E-state index contributed by atoms with van der Waals surface area (Å²) in [6, 6.07) is 0. The average Bonchev–Trinajstić information content (AvgIpc) is 2.90. The zero-order valence-corrected chi connectivity index (χ0v) is 11.0. The molecule has 3 rings (SSSR count). The van der Waals surface area contributed by atoms with Crippen LogP contribution in [0, 0.1) is 11.8 Å². The van der Waals surface area contributed by atoms with E-state index in [0.29, 0.717) is 5.91 Å². The van der Waals surface area contributed by atoms with E-state index in [1.165, 1.54) is 12.8 Å². The third-order valence-corrected chi connectivity index (χ3v) is 5.16. The van der Waals surface area contributed by atoms with Crippen LogP contribution in [0.25, 0.3) is 0 Å². The van der Waals surface area contributed by atoms with Crippen molar-refractivity contribution in [3.8, 4) is 0 Å². The van der Waals surface area contributed by atoms with Crippen LogP contribution in [0.1, 0.15) is 38.5 Å². The summed E-state index contributed by atoms with van der Waals surface area (Å²) >= 11 is 0. The van der Waals surface area contributed by atoms with Crippen LogP contribution in [0.2, 0.25) is 0 Å². The summed E-state index contributed by atoms with van der Waals surface area (Å²) in [5.41, 5.74) is -0.516. The molecular formula is C14H24N2O2. The second-order valence-corrected chi connectivity index (χ2v) is 6.27. The van der Waals surface area contributed by atoms with Gasteiger partial charge in [0.15, 0.2) is 0 Å². The van der Waals surface area contributed by atoms with Gasteiger partial charge in [0, 0.05) is 31.5 Å². The Balaban J connectivity index is 1.64. The molecule has 0 aromatic heterocycles. The highest BCUT2D eigenvalue weighted by molar-refractivity contribution is 5.79. The molecule has 2 atom stereocenters. The van der Waals surface area contributed by atoms with E-state index in [2.05, 4.69) is 5.32 Å². The first-order chi connectivity index (χ1) is 8.69. The van der Waals surface area contributed by atoms with Crippen molar-refractivity contribution in [2.75, 3.05) is 26.2 Å². The fraction of sp³-hybridized carbons (Fsp3) is 0.929. The number of hydrogen-bond acceptors (Lipinski definition) is 3. The minimum atomic E-state index is -0.516. The lowest BCUT2D eigenvalue weighted by atomic mass is 9.76. The molecule has 3 aliphatic rings. The first kappa shape index (κ1) is 12.4. The van der Waals surface area contributed by atoms with E-state index in [1.807, 2.05) is 4.90 Å². The Labute approximate surface area is 109 Å². The van der Waals surface area contributed by atoms with Crippen molar-refractivity contribution in [3.63, 3.8) is 0 Å². The maximum atomic E-state index is 12.4. The Morgan fingerprint density at radius 3 is 2.83 bits per heavy atom. The Morgan fingerprint density at radius 2 is 2.06 bits per heavy atom. The van der Waals surface area contributed by atoms with Gasteiger partial charge in [-0.1, -0.05) is 12.8 Å². The average molecular weight is 252 g/mol. The van der Waals surface area contributed by atoms with Crippen molar-refractivity contribution in [1.29, 1.82) is 0 Å². The lowest BCUT2D eigenvalue weighted by Crippen LogP contribution is -2.60. The lowest BCUT2D eigenvalue weighted by Gasteiger charge is -2.48. The molecule has 1 aliphatic carbocycles. The van der Waals surface area contributed by atoms with Gasteiger partial charge in [-0.15, -0.1) is 0 Å². The van der Waals surface area contributed by atoms with Crippen molar-refractivity contribution >= 4 is 5.91 Å². The molecule has 102 valence electrons. The van der Waals surface area contributed by atoms with Gasteiger partial charge in [0.2, 0.25) is 5.91 Å². The number of aliphatic hydroxyl groups is 1. The Morgan fingerprint density at radius 1 is 1.28 bits per heavy atom. The summed E-state index contributed by atoms with van der Waals surface area (Å²) < 4.78 is 0. The molecule has 3 fully saturated rings. The van der Waals surface area contributed by atoms with Crippen LogP contribution in [0.4, 0.5) is 0 Å². The van der Waals surface area contributed by atoms with E-state index < -0.39 is 5.60 Å². The predicted molar refractivity (Wildman–Crippen MR) is 69.1 cm³/mol. The highest BCUT2D eigenvalue weighted by Crippen LogP contribution is 2.35. The van der Waals surface area contributed by atoms with Crippen LogP contribution in [-0.4, -0.2) is 47.7 Å². The maximum Gasteiger partial charge on any atom is 0.225 e. The summed E-state index contributed by atoms with van der Waals surface area (Å²) in [5, 5.41) is 13.9. The van der Waals surface area contributed by atoms with Gasteiger partial charge < -0.3 is 15.3 Å². The smallest absolute Gasteiger partial charge is 0.225 e. The molecule has 1 amide bonds. The van der Waals surface area contributed by atoms with Crippen LogP contribution in [-0.2, 0) is 4.79 Å². The number of amides is 1. The van der Waals surface area contributed by atoms with Crippen LogP contribution < -0.4 is 5.32 Å². The van der Waals surface area contributed by atoms with E-state index in [0.717, 1.165) is 51.9 Å². The third kappa shape index (κ3) is 2.16. The molecule has 0 unspecified atom stereocenters. The van der Waals surface area contributed by atoms with Crippen LogP contribution in [0.3, 0.4) is 0 Å². The molecule has 1 saturated carbocycles. The second-order valence-electron chi connectivity index (χ2n) is 6.27. The Bertz CT molecular complexity index is 328. The van der Waals surface area contributed by atoms with E-state index in [4.69, 9.17) is 0 Å². The number of nitrogens with one attached hydrogen (secondary N) is 1. The van der Waals surface area contributed by atoms with Crippen molar-refractivity contribution in [1.82, 2.24) is 10.2 Å². The van der Waals surface area contributed by atoms with Gasteiger partial charge >= 0.3 is 0 Å². The Kier molecular flexibility index (Phi) is 3.32. The van der Waals surface area contributed by atoms with Gasteiger partial charge in [-0.3, -0.25) is 4.79 Å². The number of nitrogens with zero attached hydrogens (tertiary/aromatic N) is 1. The molecule has 0 bridgehead atoms. The van der Waals surface area contributed by atoms with Crippen molar-refractivity contribution in [3.05, 3.63) is 0 Å². The van der Waals surface area contributed by atoms with E-state index in [9.17, 15) is 9.90 Å². The minimum absolute atomic E-state index is 0.227. The van der Waals surface area contributed by atoms with Crippen molar-refractivity contribution in [2.45, 2.75) is 44.1 Å². The summed E-state index contributed by atoms with van der Waals surface area (Å²) in [5.74, 6) is 0.846. The monoisotopic (exact) mass is 252 g/mol. The van der Waals surface area contributed by atoms with Gasteiger partial charge in [0.05, 0.1) is 5.60 Å². The molecule has 4 heteroatoms. The minimum Gasteiger partial charge on any atom is -0.389 e. The van der Waals surface area contributed by atoms with Gasteiger partial charge in [-0.05, 0) is 32.2 Å². The fourth-order valence-corrected chi connectivity index (χ4v) is 3.86. The topological polar surface area (TPSA) is 52.6 Å². The van der Waals surface area contributed by atoms with Crippen LogP contribution in [0.15, 0.2) is 0 Å². The molecule has 2 aliphatic heterocycles. The van der Waals surface area contributed by atoms with Gasteiger partial charge in [0.1, 0.15) is 0 Å². The molecule has 0 aromatic carbocycles. The normalized spacial score (nSPS) is 37.6. The fourth-order valence-electron chi connectivity index (χ4n) is 3.86. The number of rotatable bonds is 1. The highest BCUT2D eigenvalue weighted by Gasteiger charge is 2.44. The lowest BCUT2D eigenvalue weighted by molar-refractivity contribution is -0.146. The summed E-state index contributed by atoms with van der Waals surface area (Å²) in [6.07, 6.45) is 6.16. The van der Waals surface area contributed by atoms with Crippen LogP contribution >= 0.6 is 0 Å². The van der Waals surface area contributed by atoms with Crippen molar-refractivity contribution in [2.24, 2.45) is 11.8 Å². The van der Waals surface area contributed by atoms with E-state index >= 15 is 0 Å². The summed E-state index contributed by atoms with van der Waals surface area (Å²) in [7, 11) is 0. The number of likely N-dealkylation sites (tertiary alicyclic amines) is 1. The molecule has 0 radical (unpaired) electrons. The predicted octanol–water partition coefficient (Wildman–Crippen LogP) is 0.749. The molecule has 2 heterocycles. The third-order valence-electron chi connectivity index (χ3n) is 5.16. The number of carbonyl (C=O) groups is 1. The summed E-state index contributed by atoms with van der Waals surface area (Å²) in [6.45, 7) is 3.26. The van der Waals surface area contributed by atoms with Crippen molar-refractivity contribution < 1.29 is 9.90 Å². The molecule has 2 N–H and O–H groups in total. The molecule has 18 heavy (non-hydrogen) atoms. The number of carbonyl (C=O) groups excluding carboxylic acids is 1. The number of fused-ring (bicyclic) bond motifs is 1. The van der Waals surface area contributed by atoms with Crippen LogP contribution in [0.5, 0.6) is 0 Å². The quantitative estimate of drug-likeness (QED) is 0.724. The molecule has 0 aromatic rings. The molecule has 2 saturated heterocycles. The standard InChI is InChI=1S/C14H24N2O2/c17-13(11-3-1-2-4-11)16-8-6-14(18)5-7-15-9-12(14)10-16/h11-12,15,18H,1-10H2/t12-,14+/m1/s1. The molecule has 0 spiro atoms. The largest absolute Gasteiger partial charge is 0.389 e. The zero-order chi connectivity index (χ0) is 12.6. The maximum absolute atomic E-state index is 12.4. The Hall–Kier alpha value is -0.610.